The van der Waals surface area contributed by atoms with Gasteiger partial charge in [0.25, 0.3) is 0 Å². The van der Waals surface area contributed by atoms with Crippen LogP contribution in [0.25, 0.3) is 11.2 Å². The third-order valence-corrected chi connectivity index (χ3v) is 17.7. The summed E-state index contributed by atoms with van der Waals surface area (Å²) in [6.45, 7) is 25.2. The zero-order chi connectivity index (χ0) is 26.9. The average molecular weight is 536 g/mol. The smallest absolute Gasteiger partial charge is 0.349 e. The highest BCUT2D eigenvalue weighted by atomic mass is 28.4. The van der Waals surface area contributed by atoms with Gasteiger partial charge in [-0.1, -0.05) is 62.3 Å². The van der Waals surface area contributed by atoms with Gasteiger partial charge in [-0.05, 0) is 18.1 Å². The van der Waals surface area contributed by atoms with Gasteiger partial charge in [0, 0.05) is 17.1 Å². The summed E-state index contributed by atoms with van der Waals surface area (Å²) in [5.74, 6) is 0.683. The summed E-state index contributed by atoms with van der Waals surface area (Å²) in [4.78, 5) is 13.5. The van der Waals surface area contributed by atoms with Crippen LogP contribution in [0, 0.1) is 0 Å². The molecule has 11 heteroatoms. The number of fused-ring (bicyclic) bond motifs is 2. The number of hydrogen-bond acceptors (Lipinski definition) is 8. The van der Waals surface area contributed by atoms with E-state index in [1.54, 1.807) is 12.7 Å². The van der Waals surface area contributed by atoms with Gasteiger partial charge in [-0.25, -0.2) is 15.0 Å². The molecule has 4 heterocycles. The van der Waals surface area contributed by atoms with Crippen LogP contribution in [0.1, 0.15) is 68.5 Å². The molecule has 0 saturated carbocycles. The number of nitrogens with one attached hydrogen (secondary N) is 1. The fraction of sp³-hybridized carbons (Fsp3) is 0.800. The van der Waals surface area contributed by atoms with Crippen molar-refractivity contribution >= 4 is 33.9 Å². The highest BCUT2D eigenvalue weighted by molar-refractivity contribution is 6.74. The number of rotatable bonds is 4. The Hall–Kier alpha value is -1.38. The lowest BCUT2D eigenvalue weighted by Gasteiger charge is -2.54. The summed E-state index contributed by atoms with van der Waals surface area (Å²) < 4.78 is 29.7. The van der Waals surface area contributed by atoms with E-state index in [0.29, 0.717) is 23.6 Å². The summed E-state index contributed by atoms with van der Waals surface area (Å²) in [5.41, 5.74) is 1.41. The predicted molar refractivity (Wildman–Crippen MR) is 147 cm³/mol. The van der Waals surface area contributed by atoms with Crippen molar-refractivity contribution in [3.8, 4) is 0 Å². The number of aromatic nitrogens is 4. The van der Waals surface area contributed by atoms with Crippen molar-refractivity contribution in [2.24, 2.45) is 0 Å². The van der Waals surface area contributed by atoms with E-state index in [0.717, 1.165) is 0 Å². The van der Waals surface area contributed by atoms with E-state index in [1.807, 2.05) is 11.6 Å². The molecule has 0 radical (unpaired) electrons. The van der Waals surface area contributed by atoms with Crippen molar-refractivity contribution in [3.05, 3.63) is 12.7 Å². The lowest BCUT2D eigenvalue weighted by molar-refractivity contribution is -0.0795. The van der Waals surface area contributed by atoms with Gasteiger partial charge >= 0.3 is 8.56 Å². The van der Waals surface area contributed by atoms with E-state index in [-0.39, 0.29) is 33.4 Å². The molecule has 0 aromatic carbocycles. The summed E-state index contributed by atoms with van der Waals surface area (Å²) in [6.07, 6.45) is 2.09. The highest BCUT2D eigenvalue weighted by Gasteiger charge is 2.65. The van der Waals surface area contributed by atoms with Crippen LogP contribution >= 0.6 is 0 Å². The largest absolute Gasteiger partial charge is 0.407 e. The maximum absolute atomic E-state index is 7.19. The van der Waals surface area contributed by atoms with E-state index in [9.17, 15) is 0 Å². The molecule has 4 atom stereocenters. The number of hydrogen-bond donors (Lipinski definition) is 1. The normalized spacial score (nSPS) is 27.3. The minimum absolute atomic E-state index is 0.0296. The van der Waals surface area contributed by atoms with E-state index in [4.69, 9.17) is 18.0 Å². The topological polar surface area (TPSA) is 92.6 Å². The molecule has 0 bridgehead atoms. The van der Waals surface area contributed by atoms with Gasteiger partial charge in [0.05, 0.1) is 12.9 Å². The van der Waals surface area contributed by atoms with Gasteiger partial charge in [0.2, 0.25) is 0 Å². The minimum atomic E-state index is -2.72. The fourth-order valence-electron chi connectivity index (χ4n) is 5.41. The van der Waals surface area contributed by atoms with Crippen molar-refractivity contribution in [3.63, 3.8) is 0 Å². The highest BCUT2D eigenvalue weighted by Crippen LogP contribution is 2.56. The van der Waals surface area contributed by atoms with Crippen molar-refractivity contribution in [1.82, 2.24) is 19.5 Å². The molecule has 2 fully saturated rings. The van der Waals surface area contributed by atoms with Gasteiger partial charge in [0.15, 0.2) is 26.0 Å². The Bertz CT molecular complexity index is 1090. The zero-order valence-corrected chi connectivity index (χ0v) is 26.1. The van der Waals surface area contributed by atoms with Crippen LogP contribution in [-0.4, -0.2) is 68.4 Å². The first-order valence-electron chi connectivity index (χ1n) is 12.9. The summed E-state index contributed by atoms with van der Waals surface area (Å²) in [7, 11) is -3.08. The van der Waals surface area contributed by atoms with Crippen molar-refractivity contribution in [2.75, 3.05) is 19.0 Å². The van der Waals surface area contributed by atoms with Crippen LogP contribution in [0.2, 0.25) is 28.2 Å². The molecule has 9 nitrogen and oxygen atoms in total. The average Bonchev–Trinajstić information content (AvgIpc) is 3.32. The molecule has 2 aromatic rings. The number of nitrogens with zero attached hydrogens (tertiary/aromatic N) is 4. The predicted octanol–water partition coefficient (Wildman–Crippen LogP) is 5.61. The quantitative estimate of drug-likeness (QED) is 0.505. The summed E-state index contributed by atoms with van der Waals surface area (Å²) in [6, 6.07) is 0. The number of ether oxygens (including phenoxy) is 1. The van der Waals surface area contributed by atoms with E-state index >= 15 is 0 Å². The second kappa shape index (κ2) is 8.84. The Labute approximate surface area is 218 Å². The van der Waals surface area contributed by atoms with Gasteiger partial charge in [-0.2, -0.15) is 0 Å². The lowest BCUT2D eigenvalue weighted by Crippen LogP contribution is -2.66. The van der Waals surface area contributed by atoms with Gasteiger partial charge in [0.1, 0.15) is 30.2 Å². The summed E-state index contributed by atoms with van der Waals surface area (Å²) in [5, 5.41) is 2.87. The Balaban J connectivity index is 1.82. The first kappa shape index (κ1) is 27.7. The molecule has 4 rings (SSSR count). The molecule has 1 N–H and O–H groups in total. The van der Waals surface area contributed by atoms with Crippen LogP contribution in [0.3, 0.4) is 0 Å². The molecule has 2 aliphatic rings. The Morgan fingerprint density at radius 2 is 1.67 bits per heavy atom. The van der Waals surface area contributed by atoms with Gasteiger partial charge in [-0.3, -0.25) is 4.57 Å². The monoisotopic (exact) mass is 535 g/mol. The molecule has 0 amide bonds. The molecule has 202 valence electrons. The third kappa shape index (κ3) is 4.35. The maximum atomic E-state index is 7.19. The first-order valence-corrected chi connectivity index (χ1v) is 17.7. The molecule has 0 aliphatic carbocycles. The molecule has 36 heavy (non-hydrogen) atoms. The van der Waals surface area contributed by atoms with Crippen molar-refractivity contribution in [2.45, 2.75) is 115 Å². The number of anilines is 1. The van der Waals surface area contributed by atoms with E-state index in [2.05, 4.69) is 95.7 Å². The van der Waals surface area contributed by atoms with Crippen LogP contribution in [0.15, 0.2) is 12.7 Å². The Morgan fingerprint density at radius 3 is 2.22 bits per heavy atom. The fourth-order valence-corrected chi connectivity index (χ4v) is 11.7. The first-order chi connectivity index (χ1) is 16.4. The molecular formula is C25H45N5O4Si2. The second-order valence-electron chi connectivity index (χ2n) is 13.7. The summed E-state index contributed by atoms with van der Waals surface area (Å²) >= 11 is 0. The van der Waals surface area contributed by atoms with Crippen molar-refractivity contribution < 1.29 is 18.0 Å². The minimum Gasteiger partial charge on any atom is -0.407 e. The lowest BCUT2D eigenvalue weighted by atomic mass is 10.1. The van der Waals surface area contributed by atoms with E-state index in [1.165, 1.54) is 0 Å². The SMILES string of the molecule is CNc1ncnc2c1ncn2[C@@H]1O[C@@H]2CO[Si](C(C)(C)C)(C(C)(C)C)O[C@H]2[C@H]1O[Si](C)(C)C(C)(C)C. The van der Waals surface area contributed by atoms with Crippen LogP contribution < -0.4 is 5.32 Å². The molecule has 2 aliphatic heterocycles. The van der Waals surface area contributed by atoms with Gasteiger partial charge < -0.3 is 23.3 Å². The third-order valence-electron chi connectivity index (χ3n) is 8.12. The molecule has 2 saturated heterocycles. The molecular weight excluding hydrogens is 490 g/mol. The van der Waals surface area contributed by atoms with Crippen LogP contribution in [0.5, 0.6) is 0 Å². The van der Waals surface area contributed by atoms with Crippen molar-refractivity contribution in [1.29, 1.82) is 0 Å². The number of imidazole rings is 1. The molecule has 0 spiro atoms. The molecule has 0 unspecified atom stereocenters. The standard InChI is InChI=1S/C25H45N5O4Si2/c1-23(2,3)35(11,12)33-19-18-16(13-31-36(34-18,24(4,5)6)25(7,8)9)32-22(19)30-15-29-17-20(26-10)27-14-28-21(17)30/h14-16,18-19,22H,13H2,1-12H3,(H,26,27,28)/t16-,18-,19-,22-/m1/s1. The maximum Gasteiger partial charge on any atom is 0.349 e. The molecule has 2 aromatic heterocycles. The van der Waals surface area contributed by atoms with Gasteiger partial charge in [-0.15, -0.1) is 0 Å². The van der Waals surface area contributed by atoms with E-state index < -0.39 is 23.1 Å². The Kier molecular flexibility index (Phi) is 6.79. The zero-order valence-electron chi connectivity index (χ0n) is 24.1. The Morgan fingerprint density at radius 1 is 1.03 bits per heavy atom. The second-order valence-corrected chi connectivity index (χ2v) is 23.2. The van der Waals surface area contributed by atoms with Crippen LogP contribution in [-0.2, 0) is 18.0 Å². The van der Waals surface area contributed by atoms with Crippen LogP contribution in [0.4, 0.5) is 5.82 Å².